The van der Waals surface area contributed by atoms with Gasteiger partial charge in [0.25, 0.3) is 5.91 Å². The Kier molecular flexibility index (Phi) is 3.96. The van der Waals surface area contributed by atoms with Crippen molar-refractivity contribution in [3.8, 4) is 0 Å². The van der Waals surface area contributed by atoms with Crippen LogP contribution in [0.15, 0.2) is 28.9 Å². The number of carbonyl (C=O) groups excluding carboxylic acids is 1. The highest BCUT2D eigenvalue weighted by Gasteiger charge is 2.22. The molecule has 0 aromatic carbocycles. The minimum Gasteiger partial charge on any atom is -0.435 e. The number of aromatic nitrogens is 2. The van der Waals surface area contributed by atoms with E-state index in [4.69, 9.17) is 4.42 Å². The minimum absolute atomic E-state index is 0.248. The second-order valence-corrected chi connectivity index (χ2v) is 5.23. The van der Waals surface area contributed by atoms with E-state index < -0.39 is 0 Å². The molecule has 1 aliphatic rings. The second kappa shape index (κ2) is 6.05. The van der Waals surface area contributed by atoms with Crippen LogP contribution >= 0.6 is 0 Å². The number of piperidine rings is 1. The van der Waals surface area contributed by atoms with Gasteiger partial charge in [-0.15, -0.1) is 0 Å². The first-order chi connectivity index (χ1) is 10.2. The summed E-state index contributed by atoms with van der Waals surface area (Å²) in [6.07, 6.45) is 5.14. The molecule has 6 heteroatoms. The van der Waals surface area contributed by atoms with Crippen molar-refractivity contribution in [2.45, 2.75) is 25.7 Å². The summed E-state index contributed by atoms with van der Waals surface area (Å²) in [7, 11) is 0. The lowest BCUT2D eigenvalue weighted by Gasteiger charge is -2.19. The molecule has 3 rings (SSSR count). The van der Waals surface area contributed by atoms with Gasteiger partial charge >= 0.3 is 0 Å². The van der Waals surface area contributed by atoms with Gasteiger partial charge in [-0.1, -0.05) is 0 Å². The maximum absolute atomic E-state index is 12.1. The van der Waals surface area contributed by atoms with Gasteiger partial charge in [0.1, 0.15) is 0 Å². The molecule has 0 saturated carbocycles. The van der Waals surface area contributed by atoms with E-state index in [2.05, 4.69) is 20.6 Å². The average molecular weight is 286 g/mol. The van der Waals surface area contributed by atoms with E-state index in [0.717, 1.165) is 31.6 Å². The number of oxazole rings is 1. The molecule has 2 aromatic heterocycles. The Morgan fingerprint density at radius 1 is 1.38 bits per heavy atom. The molecule has 6 nitrogen and oxygen atoms in total. The van der Waals surface area contributed by atoms with Crippen molar-refractivity contribution in [3.05, 3.63) is 41.9 Å². The molecule has 1 saturated heterocycles. The van der Waals surface area contributed by atoms with Gasteiger partial charge in [-0.25, -0.2) is 4.98 Å². The molecule has 0 radical (unpaired) electrons. The molecule has 2 N–H and O–H groups in total. The van der Waals surface area contributed by atoms with E-state index in [0.29, 0.717) is 17.5 Å². The highest BCUT2D eigenvalue weighted by Crippen LogP contribution is 2.24. The van der Waals surface area contributed by atoms with Crippen LogP contribution in [0.4, 0.5) is 5.69 Å². The Balaban J connectivity index is 1.69. The first-order valence-electron chi connectivity index (χ1n) is 7.13. The number of carbonyl (C=O) groups is 1. The Morgan fingerprint density at radius 2 is 2.19 bits per heavy atom. The van der Waals surface area contributed by atoms with E-state index in [1.165, 1.54) is 6.20 Å². The summed E-state index contributed by atoms with van der Waals surface area (Å²) in [6, 6.07) is 3.55. The number of nitrogens with one attached hydrogen (secondary N) is 2. The Labute approximate surface area is 123 Å². The lowest BCUT2D eigenvalue weighted by atomic mass is 9.98. The number of amides is 1. The molecule has 21 heavy (non-hydrogen) atoms. The summed E-state index contributed by atoms with van der Waals surface area (Å²) < 4.78 is 5.62. The van der Waals surface area contributed by atoms with Crippen molar-refractivity contribution in [3.63, 3.8) is 0 Å². The number of rotatable bonds is 3. The summed E-state index contributed by atoms with van der Waals surface area (Å²) >= 11 is 0. The third-order valence-electron chi connectivity index (χ3n) is 3.59. The fourth-order valence-corrected chi connectivity index (χ4v) is 2.47. The van der Waals surface area contributed by atoms with Crippen molar-refractivity contribution >= 4 is 11.6 Å². The fourth-order valence-electron chi connectivity index (χ4n) is 2.47. The van der Waals surface area contributed by atoms with Crippen molar-refractivity contribution in [1.82, 2.24) is 15.3 Å². The Bertz CT molecular complexity index is 632. The van der Waals surface area contributed by atoms with Gasteiger partial charge < -0.3 is 15.1 Å². The van der Waals surface area contributed by atoms with E-state index in [-0.39, 0.29) is 11.7 Å². The standard InChI is InChI=1S/C15H18N4O2/c1-10-8-12(4-7-17-10)19-14(20)13-9-18-15(21-13)11-2-5-16-6-3-11/h4,7-9,11,16H,2-3,5-6H2,1H3,(H,17,19,20). The monoisotopic (exact) mass is 286 g/mol. The van der Waals surface area contributed by atoms with Gasteiger partial charge in [0.2, 0.25) is 5.76 Å². The first-order valence-corrected chi connectivity index (χ1v) is 7.13. The van der Waals surface area contributed by atoms with Gasteiger partial charge in [0, 0.05) is 23.5 Å². The Hall–Kier alpha value is -2.21. The third kappa shape index (κ3) is 3.28. The van der Waals surface area contributed by atoms with Crippen LogP contribution in [-0.4, -0.2) is 29.0 Å². The van der Waals surface area contributed by atoms with E-state index in [9.17, 15) is 4.79 Å². The van der Waals surface area contributed by atoms with Gasteiger partial charge in [-0.3, -0.25) is 9.78 Å². The topological polar surface area (TPSA) is 80.0 Å². The van der Waals surface area contributed by atoms with Crippen molar-refractivity contribution in [2.24, 2.45) is 0 Å². The number of hydrogen-bond acceptors (Lipinski definition) is 5. The molecule has 1 aliphatic heterocycles. The van der Waals surface area contributed by atoms with Crippen LogP contribution in [0.3, 0.4) is 0 Å². The largest absolute Gasteiger partial charge is 0.435 e. The number of anilines is 1. The lowest BCUT2D eigenvalue weighted by Crippen LogP contribution is -2.26. The van der Waals surface area contributed by atoms with Crippen LogP contribution in [0.1, 0.15) is 40.9 Å². The molecule has 2 aromatic rings. The number of hydrogen-bond donors (Lipinski definition) is 2. The van der Waals surface area contributed by atoms with Gasteiger partial charge in [0.15, 0.2) is 5.89 Å². The van der Waals surface area contributed by atoms with Crippen LogP contribution in [0.5, 0.6) is 0 Å². The first kappa shape index (κ1) is 13.8. The Morgan fingerprint density at radius 3 is 2.95 bits per heavy atom. The smallest absolute Gasteiger partial charge is 0.293 e. The summed E-state index contributed by atoms with van der Waals surface area (Å²) in [5.74, 6) is 0.926. The molecule has 0 spiro atoms. The third-order valence-corrected chi connectivity index (χ3v) is 3.59. The molecule has 0 atom stereocenters. The number of nitrogens with zero attached hydrogens (tertiary/aromatic N) is 2. The van der Waals surface area contributed by atoms with Crippen LogP contribution < -0.4 is 10.6 Å². The normalized spacial score (nSPS) is 15.9. The molecule has 0 unspecified atom stereocenters. The van der Waals surface area contributed by atoms with Crippen molar-refractivity contribution in [2.75, 3.05) is 18.4 Å². The van der Waals surface area contributed by atoms with Crippen molar-refractivity contribution in [1.29, 1.82) is 0 Å². The summed E-state index contributed by atoms with van der Waals surface area (Å²) in [6.45, 7) is 3.80. The van der Waals surface area contributed by atoms with E-state index in [1.807, 2.05) is 13.0 Å². The second-order valence-electron chi connectivity index (χ2n) is 5.23. The van der Waals surface area contributed by atoms with E-state index >= 15 is 0 Å². The highest BCUT2D eigenvalue weighted by atomic mass is 16.4. The predicted octanol–water partition coefficient (Wildman–Crippen LogP) is 2.10. The molecule has 0 aliphatic carbocycles. The summed E-state index contributed by atoms with van der Waals surface area (Å²) in [4.78, 5) is 20.5. The SMILES string of the molecule is Cc1cc(NC(=O)c2cnc(C3CCNCC3)o2)ccn1. The zero-order chi connectivity index (χ0) is 14.7. The minimum atomic E-state index is -0.284. The molecule has 1 amide bonds. The van der Waals surface area contributed by atoms with Crippen LogP contribution in [-0.2, 0) is 0 Å². The zero-order valence-electron chi connectivity index (χ0n) is 11.9. The highest BCUT2D eigenvalue weighted by molar-refractivity contribution is 6.02. The predicted molar refractivity (Wildman–Crippen MR) is 78.3 cm³/mol. The van der Waals surface area contributed by atoms with Crippen LogP contribution in [0, 0.1) is 6.92 Å². The van der Waals surface area contributed by atoms with E-state index in [1.54, 1.807) is 12.3 Å². The fraction of sp³-hybridized carbons (Fsp3) is 0.400. The average Bonchev–Trinajstić information content (AvgIpc) is 2.98. The van der Waals surface area contributed by atoms with Crippen LogP contribution in [0.25, 0.3) is 0 Å². The maximum Gasteiger partial charge on any atom is 0.293 e. The molecular formula is C15H18N4O2. The van der Waals surface area contributed by atoms with Gasteiger partial charge in [-0.05, 0) is 45.0 Å². The summed E-state index contributed by atoms with van der Waals surface area (Å²) in [5, 5.41) is 6.09. The zero-order valence-corrected chi connectivity index (χ0v) is 11.9. The molecule has 110 valence electrons. The molecular weight excluding hydrogens is 268 g/mol. The lowest BCUT2D eigenvalue weighted by molar-refractivity contribution is 0.0994. The molecule has 0 bridgehead atoms. The number of aryl methyl sites for hydroxylation is 1. The van der Waals surface area contributed by atoms with Gasteiger partial charge in [0.05, 0.1) is 6.20 Å². The van der Waals surface area contributed by atoms with Crippen LogP contribution in [0.2, 0.25) is 0 Å². The van der Waals surface area contributed by atoms with Gasteiger partial charge in [-0.2, -0.15) is 0 Å². The molecule has 1 fully saturated rings. The quantitative estimate of drug-likeness (QED) is 0.903. The van der Waals surface area contributed by atoms with Crippen molar-refractivity contribution < 1.29 is 9.21 Å². The molecule has 3 heterocycles. The maximum atomic E-state index is 12.1. The number of pyridine rings is 1. The summed E-state index contributed by atoms with van der Waals surface area (Å²) in [5.41, 5.74) is 1.55.